The van der Waals surface area contributed by atoms with Crippen LogP contribution in [0.2, 0.25) is 0 Å². The number of carbonyl (C=O) groups is 2. The largest absolute Gasteiger partial charge is 0.478 e. The van der Waals surface area contributed by atoms with E-state index in [0.717, 1.165) is 20.2 Å². The minimum atomic E-state index is -1.32. The number of carboxylic acids is 2. The molecule has 0 spiro atoms. The zero-order chi connectivity index (χ0) is 15.7. The molecule has 3 rings (SSSR count). The molecule has 0 bridgehead atoms. The van der Waals surface area contributed by atoms with E-state index in [-0.39, 0.29) is 5.70 Å². The first-order valence-electron chi connectivity index (χ1n) is 6.41. The molecule has 3 aromatic rings. The number of benzene rings is 2. The van der Waals surface area contributed by atoms with Crippen LogP contribution in [-0.2, 0) is 9.59 Å². The van der Waals surface area contributed by atoms with Crippen molar-refractivity contribution < 1.29 is 19.8 Å². The number of hydrogen-bond acceptors (Lipinski definition) is 4. The number of hydrogen-bond donors (Lipinski definition) is 3. The molecule has 0 atom stereocenters. The zero-order valence-electron chi connectivity index (χ0n) is 11.2. The van der Waals surface area contributed by atoms with E-state index < -0.39 is 11.9 Å². The maximum absolute atomic E-state index is 11.2. The molecular formula is C16H11NO4S. The predicted molar refractivity (Wildman–Crippen MR) is 86.3 cm³/mol. The first-order valence-corrected chi connectivity index (χ1v) is 7.23. The summed E-state index contributed by atoms with van der Waals surface area (Å²) in [6.07, 6.45) is 0.649. The lowest BCUT2D eigenvalue weighted by molar-refractivity contribution is -0.134. The fraction of sp³-hybridized carbons (Fsp3) is 0. The third-order valence-electron chi connectivity index (χ3n) is 3.17. The Labute approximate surface area is 129 Å². The molecule has 0 aliphatic carbocycles. The van der Waals surface area contributed by atoms with Gasteiger partial charge < -0.3 is 15.5 Å². The number of anilines is 1. The molecule has 0 radical (unpaired) electrons. The van der Waals surface area contributed by atoms with Crippen LogP contribution in [0, 0.1) is 0 Å². The predicted octanol–water partition coefficient (Wildman–Crippen LogP) is 3.52. The van der Waals surface area contributed by atoms with Gasteiger partial charge in [-0.05, 0) is 18.2 Å². The lowest BCUT2D eigenvalue weighted by atomic mass is 10.1. The number of rotatable bonds is 4. The lowest BCUT2D eigenvalue weighted by Crippen LogP contribution is -2.12. The summed E-state index contributed by atoms with van der Waals surface area (Å²) in [6.45, 7) is 0. The van der Waals surface area contributed by atoms with Crippen molar-refractivity contribution in [2.45, 2.75) is 0 Å². The van der Waals surface area contributed by atoms with Crippen molar-refractivity contribution in [1.29, 1.82) is 0 Å². The molecule has 6 heteroatoms. The Bertz CT molecular complexity index is 926. The van der Waals surface area contributed by atoms with E-state index >= 15 is 0 Å². The standard InChI is InChI=1S/C16H11NO4S/c18-14(19)8-11(16(20)21)17-10-5-3-7-13-15(10)9-4-1-2-6-12(9)22-13/h1-8,17H,(H,18,19)(H,20,21)/b11-8-. The summed E-state index contributed by atoms with van der Waals surface area (Å²) in [5.41, 5.74) is 0.195. The summed E-state index contributed by atoms with van der Waals surface area (Å²) >= 11 is 1.60. The van der Waals surface area contributed by atoms with Gasteiger partial charge in [-0.3, -0.25) is 0 Å². The highest BCUT2D eigenvalue weighted by Crippen LogP contribution is 2.38. The van der Waals surface area contributed by atoms with Crippen molar-refractivity contribution >= 4 is 49.1 Å². The average Bonchev–Trinajstić information content (AvgIpc) is 2.85. The normalized spacial score (nSPS) is 11.7. The Morgan fingerprint density at radius 2 is 1.73 bits per heavy atom. The van der Waals surface area contributed by atoms with Gasteiger partial charge in [0, 0.05) is 25.9 Å². The number of thiophene rings is 1. The molecule has 0 fully saturated rings. The molecule has 110 valence electrons. The minimum Gasteiger partial charge on any atom is -0.478 e. The Morgan fingerprint density at radius 3 is 2.45 bits per heavy atom. The second-order valence-electron chi connectivity index (χ2n) is 4.60. The van der Waals surface area contributed by atoms with Crippen molar-refractivity contribution in [1.82, 2.24) is 0 Å². The van der Waals surface area contributed by atoms with Crippen molar-refractivity contribution in [2.75, 3.05) is 5.32 Å². The van der Waals surface area contributed by atoms with E-state index in [4.69, 9.17) is 10.2 Å². The number of aliphatic carboxylic acids is 2. The molecule has 0 aliphatic heterocycles. The smallest absolute Gasteiger partial charge is 0.352 e. The van der Waals surface area contributed by atoms with Crippen LogP contribution in [0.5, 0.6) is 0 Å². The van der Waals surface area contributed by atoms with Crippen LogP contribution in [0.25, 0.3) is 20.2 Å². The molecule has 1 heterocycles. The van der Waals surface area contributed by atoms with Gasteiger partial charge in [-0.2, -0.15) is 0 Å². The second-order valence-corrected chi connectivity index (χ2v) is 5.69. The van der Waals surface area contributed by atoms with Gasteiger partial charge in [0.05, 0.1) is 6.08 Å². The zero-order valence-corrected chi connectivity index (χ0v) is 12.1. The third-order valence-corrected chi connectivity index (χ3v) is 4.31. The number of nitrogens with one attached hydrogen (secondary N) is 1. The van der Waals surface area contributed by atoms with Crippen molar-refractivity contribution in [2.24, 2.45) is 0 Å². The van der Waals surface area contributed by atoms with Crippen LogP contribution in [0.4, 0.5) is 5.69 Å². The van der Waals surface area contributed by atoms with Crippen molar-refractivity contribution in [3.8, 4) is 0 Å². The highest BCUT2D eigenvalue weighted by Gasteiger charge is 2.14. The molecule has 22 heavy (non-hydrogen) atoms. The second kappa shape index (κ2) is 5.50. The van der Waals surface area contributed by atoms with Gasteiger partial charge in [-0.15, -0.1) is 11.3 Å². The van der Waals surface area contributed by atoms with Crippen LogP contribution < -0.4 is 5.32 Å². The highest BCUT2D eigenvalue weighted by molar-refractivity contribution is 7.25. The third kappa shape index (κ3) is 2.51. The van der Waals surface area contributed by atoms with Crippen LogP contribution >= 0.6 is 11.3 Å². The van der Waals surface area contributed by atoms with E-state index in [1.54, 1.807) is 23.5 Å². The topological polar surface area (TPSA) is 86.6 Å². The Kier molecular flexibility index (Phi) is 3.52. The van der Waals surface area contributed by atoms with Gasteiger partial charge in [0.15, 0.2) is 0 Å². The van der Waals surface area contributed by atoms with Gasteiger partial charge in [0.2, 0.25) is 0 Å². The summed E-state index contributed by atoms with van der Waals surface area (Å²) in [4.78, 5) is 21.9. The summed E-state index contributed by atoms with van der Waals surface area (Å²) in [5, 5.41) is 22.5. The number of carboxylic acid groups (broad SMARTS) is 2. The van der Waals surface area contributed by atoms with Gasteiger partial charge in [-0.1, -0.05) is 24.3 Å². The molecule has 0 aliphatic rings. The van der Waals surface area contributed by atoms with E-state index in [0.29, 0.717) is 11.8 Å². The van der Waals surface area contributed by atoms with Crippen molar-refractivity contribution in [3.63, 3.8) is 0 Å². The van der Waals surface area contributed by atoms with Crippen LogP contribution in [0.1, 0.15) is 0 Å². The summed E-state index contributed by atoms with van der Waals surface area (Å²) in [7, 11) is 0. The Morgan fingerprint density at radius 1 is 1.00 bits per heavy atom. The Hall–Kier alpha value is -2.86. The van der Waals surface area contributed by atoms with Crippen LogP contribution in [0.15, 0.2) is 54.2 Å². The van der Waals surface area contributed by atoms with E-state index in [1.807, 2.05) is 30.3 Å². The maximum Gasteiger partial charge on any atom is 0.352 e. The first kappa shape index (κ1) is 14.1. The number of fused-ring (bicyclic) bond motifs is 3. The molecule has 3 N–H and O–H groups in total. The van der Waals surface area contributed by atoms with Crippen molar-refractivity contribution in [3.05, 3.63) is 54.2 Å². The lowest BCUT2D eigenvalue weighted by Gasteiger charge is -2.08. The molecule has 0 amide bonds. The Balaban J connectivity index is 2.18. The van der Waals surface area contributed by atoms with Gasteiger partial charge in [0.25, 0.3) is 0 Å². The summed E-state index contributed by atoms with van der Waals surface area (Å²) < 4.78 is 2.09. The first-order chi connectivity index (χ1) is 10.6. The highest BCUT2D eigenvalue weighted by atomic mass is 32.1. The van der Waals surface area contributed by atoms with Gasteiger partial charge in [-0.25, -0.2) is 9.59 Å². The quantitative estimate of drug-likeness (QED) is 0.642. The SMILES string of the molecule is O=C(O)/C=C(\Nc1cccc2sc3ccccc3c12)C(=O)O. The average molecular weight is 313 g/mol. The molecule has 2 aromatic carbocycles. The molecule has 1 aromatic heterocycles. The van der Waals surface area contributed by atoms with Gasteiger partial charge in [0.1, 0.15) is 5.70 Å². The van der Waals surface area contributed by atoms with E-state index in [9.17, 15) is 9.59 Å². The molecule has 5 nitrogen and oxygen atoms in total. The maximum atomic E-state index is 11.2. The minimum absolute atomic E-state index is 0.379. The van der Waals surface area contributed by atoms with E-state index in [1.165, 1.54) is 0 Å². The summed E-state index contributed by atoms with van der Waals surface area (Å²) in [5.74, 6) is -2.63. The molecule has 0 saturated heterocycles. The van der Waals surface area contributed by atoms with E-state index in [2.05, 4.69) is 5.32 Å². The molecule has 0 unspecified atom stereocenters. The van der Waals surface area contributed by atoms with Crippen LogP contribution in [0.3, 0.4) is 0 Å². The van der Waals surface area contributed by atoms with Crippen LogP contribution in [-0.4, -0.2) is 22.2 Å². The summed E-state index contributed by atoms with van der Waals surface area (Å²) in [6, 6.07) is 13.3. The van der Waals surface area contributed by atoms with Gasteiger partial charge >= 0.3 is 11.9 Å². The monoisotopic (exact) mass is 313 g/mol. The molecule has 0 saturated carbocycles. The fourth-order valence-electron chi connectivity index (χ4n) is 2.30. The molecular weight excluding hydrogens is 302 g/mol. The fourth-order valence-corrected chi connectivity index (χ4v) is 3.43.